The van der Waals surface area contributed by atoms with Gasteiger partial charge < -0.3 is 14.8 Å². The number of hydrogen-bond donors (Lipinski definition) is 2. The van der Waals surface area contributed by atoms with Crippen LogP contribution in [-0.2, 0) is 6.54 Å². The molecule has 2 N–H and O–H groups in total. The van der Waals surface area contributed by atoms with Crippen molar-refractivity contribution in [3.05, 3.63) is 50.8 Å². The summed E-state index contributed by atoms with van der Waals surface area (Å²) in [6, 6.07) is 7.16. The van der Waals surface area contributed by atoms with Gasteiger partial charge >= 0.3 is 5.97 Å². The van der Waals surface area contributed by atoms with Gasteiger partial charge in [-0.2, -0.15) is 0 Å². The van der Waals surface area contributed by atoms with Crippen LogP contribution in [0.15, 0.2) is 33.2 Å². The minimum atomic E-state index is -1.06. The number of rotatable bonds is 4. The van der Waals surface area contributed by atoms with Gasteiger partial charge in [0, 0.05) is 15.7 Å². The van der Waals surface area contributed by atoms with Crippen molar-refractivity contribution in [1.82, 2.24) is 0 Å². The van der Waals surface area contributed by atoms with E-state index in [0.29, 0.717) is 22.9 Å². The Bertz CT molecular complexity index is 624. The van der Waals surface area contributed by atoms with Crippen LogP contribution in [0.25, 0.3) is 0 Å². The van der Waals surface area contributed by atoms with Crippen molar-refractivity contribution in [1.29, 1.82) is 0 Å². The maximum absolute atomic E-state index is 10.9. The Morgan fingerprint density at radius 2 is 2.21 bits per heavy atom. The molecule has 100 valence electrons. The fourth-order valence-electron chi connectivity index (χ4n) is 1.64. The summed E-state index contributed by atoms with van der Waals surface area (Å²) in [5.74, 6) is -0.506. The lowest BCUT2D eigenvalue weighted by atomic mass is 10.2. The second-order valence-corrected chi connectivity index (χ2v) is 5.27. The van der Waals surface area contributed by atoms with Crippen LogP contribution in [0.4, 0.5) is 5.69 Å². The van der Waals surface area contributed by atoms with E-state index < -0.39 is 5.97 Å². The van der Waals surface area contributed by atoms with E-state index >= 15 is 0 Å². The number of benzene rings is 1. The first-order valence-electron chi connectivity index (χ1n) is 5.49. The van der Waals surface area contributed by atoms with Gasteiger partial charge in [-0.1, -0.05) is 11.6 Å². The van der Waals surface area contributed by atoms with Crippen molar-refractivity contribution in [3.63, 3.8) is 0 Å². The second-order valence-electron chi connectivity index (χ2n) is 4.01. The number of aromatic carboxylic acids is 1. The van der Waals surface area contributed by atoms with E-state index in [1.54, 1.807) is 19.1 Å². The molecular formula is C13H11BrClNO3. The third-order valence-electron chi connectivity index (χ3n) is 2.55. The van der Waals surface area contributed by atoms with Crippen molar-refractivity contribution in [2.75, 3.05) is 5.32 Å². The minimum absolute atomic E-state index is 0.0194. The van der Waals surface area contributed by atoms with Gasteiger partial charge in [0.2, 0.25) is 5.76 Å². The summed E-state index contributed by atoms with van der Waals surface area (Å²) >= 11 is 9.23. The zero-order valence-electron chi connectivity index (χ0n) is 10.0. The highest BCUT2D eigenvalue weighted by molar-refractivity contribution is 9.10. The summed E-state index contributed by atoms with van der Waals surface area (Å²) < 4.78 is 6.04. The molecule has 4 nitrogen and oxygen atoms in total. The molecule has 0 atom stereocenters. The van der Waals surface area contributed by atoms with Gasteiger partial charge in [0.15, 0.2) is 0 Å². The Hall–Kier alpha value is -1.46. The van der Waals surface area contributed by atoms with Gasteiger partial charge in [-0.15, -0.1) is 0 Å². The topological polar surface area (TPSA) is 62.5 Å². The summed E-state index contributed by atoms with van der Waals surface area (Å²) in [5, 5.41) is 12.7. The maximum Gasteiger partial charge on any atom is 0.372 e. The molecule has 6 heteroatoms. The average molecular weight is 345 g/mol. The molecule has 0 radical (unpaired) electrons. The normalized spacial score (nSPS) is 10.5. The highest BCUT2D eigenvalue weighted by Crippen LogP contribution is 2.26. The number of hydrogen-bond acceptors (Lipinski definition) is 3. The van der Waals surface area contributed by atoms with Crippen LogP contribution in [0, 0.1) is 6.92 Å². The molecule has 0 unspecified atom stereocenters. The zero-order chi connectivity index (χ0) is 14.0. The van der Waals surface area contributed by atoms with E-state index in [1.807, 2.05) is 12.1 Å². The van der Waals surface area contributed by atoms with Crippen LogP contribution >= 0.6 is 27.5 Å². The molecule has 0 aliphatic carbocycles. The molecule has 0 saturated carbocycles. The van der Waals surface area contributed by atoms with Crippen molar-refractivity contribution >= 4 is 39.2 Å². The lowest BCUT2D eigenvalue weighted by Crippen LogP contribution is -1.98. The Labute approximate surface area is 123 Å². The molecule has 1 aromatic heterocycles. The smallest absolute Gasteiger partial charge is 0.372 e. The quantitative estimate of drug-likeness (QED) is 0.867. The predicted octanol–water partition coefficient (Wildman–Crippen LogP) is 4.31. The molecule has 2 aromatic rings. The van der Waals surface area contributed by atoms with E-state index in [9.17, 15) is 4.79 Å². The molecule has 0 fully saturated rings. The van der Waals surface area contributed by atoms with Crippen molar-refractivity contribution in [2.45, 2.75) is 13.5 Å². The fourth-order valence-corrected chi connectivity index (χ4v) is 2.14. The first-order chi connectivity index (χ1) is 8.97. The maximum atomic E-state index is 10.9. The number of carboxylic acid groups (broad SMARTS) is 1. The van der Waals surface area contributed by atoms with Gasteiger partial charge in [-0.3, -0.25) is 0 Å². The number of anilines is 1. The first-order valence-corrected chi connectivity index (χ1v) is 6.66. The standard InChI is InChI=1S/C13H11BrClNO3/c1-7-4-9(19-12(7)13(17)18)6-16-8-2-3-11(15)10(14)5-8/h2-5,16H,6H2,1H3,(H,17,18). The molecule has 0 saturated heterocycles. The molecule has 0 amide bonds. The second kappa shape index (κ2) is 5.67. The number of furan rings is 1. The Kier molecular flexibility index (Phi) is 4.17. The lowest BCUT2D eigenvalue weighted by Gasteiger charge is -2.05. The summed E-state index contributed by atoms with van der Waals surface area (Å²) in [7, 11) is 0. The van der Waals surface area contributed by atoms with E-state index in [4.69, 9.17) is 21.1 Å². The van der Waals surface area contributed by atoms with Gasteiger partial charge in [0.25, 0.3) is 0 Å². The summed E-state index contributed by atoms with van der Waals surface area (Å²) in [6.45, 7) is 2.11. The largest absolute Gasteiger partial charge is 0.475 e. The SMILES string of the molecule is Cc1cc(CNc2ccc(Cl)c(Br)c2)oc1C(=O)O. The van der Waals surface area contributed by atoms with Crippen LogP contribution in [-0.4, -0.2) is 11.1 Å². The van der Waals surface area contributed by atoms with Gasteiger partial charge in [-0.05, 0) is 47.1 Å². The van der Waals surface area contributed by atoms with E-state index in [1.165, 1.54) is 0 Å². The highest BCUT2D eigenvalue weighted by atomic mass is 79.9. The molecule has 1 aromatic carbocycles. The summed E-state index contributed by atoms with van der Waals surface area (Å²) in [4.78, 5) is 10.9. The monoisotopic (exact) mass is 343 g/mol. The number of carbonyl (C=O) groups is 1. The van der Waals surface area contributed by atoms with Gasteiger partial charge in [0.1, 0.15) is 5.76 Å². The molecule has 0 spiro atoms. The average Bonchev–Trinajstić information content (AvgIpc) is 2.72. The molecule has 0 bridgehead atoms. The Balaban J connectivity index is 2.08. The highest BCUT2D eigenvalue weighted by Gasteiger charge is 2.13. The Morgan fingerprint density at radius 1 is 1.47 bits per heavy atom. The lowest BCUT2D eigenvalue weighted by molar-refractivity contribution is 0.0659. The summed E-state index contributed by atoms with van der Waals surface area (Å²) in [5.41, 5.74) is 1.48. The number of carboxylic acids is 1. The van der Waals surface area contributed by atoms with Crippen LogP contribution in [0.3, 0.4) is 0 Å². The number of halogens is 2. The first kappa shape index (κ1) is 14.0. The molecular weight excluding hydrogens is 334 g/mol. The van der Waals surface area contributed by atoms with E-state index in [0.717, 1.165) is 10.2 Å². The molecule has 0 aliphatic rings. The third kappa shape index (κ3) is 3.30. The van der Waals surface area contributed by atoms with E-state index in [2.05, 4.69) is 21.2 Å². The van der Waals surface area contributed by atoms with Crippen LogP contribution in [0.5, 0.6) is 0 Å². The van der Waals surface area contributed by atoms with Crippen molar-refractivity contribution in [3.8, 4) is 0 Å². The van der Waals surface area contributed by atoms with Crippen LogP contribution in [0.1, 0.15) is 21.9 Å². The number of nitrogens with one attached hydrogen (secondary N) is 1. The molecule has 1 heterocycles. The summed E-state index contributed by atoms with van der Waals surface area (Å²) in [6.07, 6.45) is 0. The van der Waals surface area contributed by atoms with Gasteiger partial charge in [0.05, 0.1) is 11.6 Å². The van der Waals surface area contributed by atoms with Crippen molar-refractivity contribution < 1.29 is 14.3 Å². The molecule has 19 heavy (non-hydrogen) atoms. The van der Waals surface area contributed by atoms with E-state index in [-0.39, 0.29) is 5.76 Å². The third-order valence-corrected chi connectivity index (χ3v) is 3.76. The van der Waals surface area contributed by atoms with Crippen molar-refractivity contribution in [2.24, 2.45) is 0 Å². The minimum Gasteiger partial charge on any atom is -0.475 e. The predicted molar refractivity (Wildman–Crippen MR) is 76.9 cm³/mol. The van der Waals surface area contributed by atoms with Crippen LogP contribution in [0.2, 0.25) is 5.02 Å². The number of aryl methyl sites for hydroxylation is 1. The molecule has 0 aliphatic heterocycles. The van der Waals surface area contributed by atoms with Gasteiger partial charge in [-0.25, -0.2) is 4.79 Å². The zero-order valence-corrected chi connectivity index (χ0v) is 12.4. The fraction of sp³-hybridized carbons (Fsp3) is 0.154. The Morgan fingerprint density at radius 3 is 2.79 bits per heavy atom. The van der Waals surface area contributed by atoms with Crippen LogP contribution < -0.4 is 5.32 Å². The molecule has 2 rings (SSSR count).